The van der Waals surface area contributed by atoms with Crippen LogP contribution in [-0.2, 0) is 0 Å². The van der Waals surface area contributed by atoms with Gasteiger partial charge in [0.1, 0.15) is 0 Å². The number of benzene rings is 3. The van der Waals surface area contributed by atoms with Gasteiger partial charge in [0.05, 0.1) is 6.04 Å². The molecule has 0 aliphatic heterocycles. The fourth-order valence-corrected chi connectivity index (χ4v) is 5.51. The second-order valence-electron chi connectivity index (χ2n) is 9.08. The monoisotopic (exact) mass is 445 g/mol. The van der Waals surface area contributed by atoms with Crippen LogP contribution in [0.3, 0.4) is 0 Å². The Bertz CT molecular complexity index is 1050. The van der Waals surface area contributed by atoms with Gasteiger partial charge in [-0.05, 0) is 65.1 Å². The van der Waals surface area contributed by atoms with E-state index < -0.39 is 0 Å². The molecule has 32 heavy (non-hydrogen) atoms. The number of hydrogen-bond donors (Lipinski definition) is 1. The van der Waals surface area contributed by atoms with Crippen molar-refractivity contribution in [3.63, 3.8) is 0 Å². The van der Waals surface area contributed by atoms with Crippen molar-refractivity contribution < 1.29 is 4.79 Å². The van der Waals surface area contributed by atoms with Crippen LogP contribution in [0, 0.1) is 11.3 Å². The van der Waals surface area contributed by atoms with Crippen molar-refractivity contribution in [2.45, 2.75) is 52.0 Å². The molecule has 1 N–H and O–H groups in total. The quantitative estimate of drug-likeness (QED) is 0.354. The summed E-state index contributed by atoms with van der Waals surface area (Å²) in [6, 6.07) is 26.1. The summed E-state index contributed by atoms with van der Waals surface area (Å²) >= 11 is 6.35. The van der Waals surface area contributed by atoms with Crippen molar-refractivity contribution in [2.24, 2.45) is 11.3 Å². The zero-order chi connectivity index (χ0) is 22.6. The van der Waals surface area contributed by atoms with Crippen LogP contribution in [0.5, 0.6) is 0 Å². The summed E-state index contributed by atoms with van der Waals surface area (Å²) in [5.74, 6) is 0.629. The number of amides is 1. The summed E-state index contributed by atoms with van der Waals surface area (Å²) in [5, 5.41) is 4.13. The van der Waals surface area contributed by atoms with E-state index in [-0.39, 0.29) is 17.4 Å². The van der Waals surface area contributed by atoms with Crippen molar-refractivity contribution in [1.82, 2.24) is 5.32 Å². The largest absolute Gasteiger partial charge is 0.345 e. The molecular weight excluding hydrogens is 414 g/mol. The number of hydrogen-bond acceptors (Lipinski definition) is 1. The van der Waals surface area contributed by atoms with E-state index in [0.717, 1.165) is 29.5 Å². The SMILES string of the molecule is CCC[C@@H]1C[C@@]1(CCC)[C@@H](NC(=O)c1ccc(-c2ccccc2)cc1)c1cccc(Cl)c1. The van der Waals surface area contributed by atoms with Gasteiger partial charge < -0.3 is 5.32 Å². The standard InChI is InChI=1S/C29H32ClNO/c1-3-9-25-20-29(25,18-4-2)27(24-12-8-13-26(30)19-24)31-28(32)23-16-14-22(15-17-23)21-10-6-5-7-11-21/h5-8,10-17,19,25,27H,3-4,9,18,20H2,1-2H3,(H,31,32)/t25-,27+,29-/m1/s1. The highest BCUT2D eigenvalue weighted by molar-refractivity contribution is 6.30. The summed E-state index contributed by atoms with van der Waals surface area (Å²) in [6.45, 7) is 4.48. The molecule has 166 valence electrons. The van der Waals surface area contributed by atoms with E-state index in [1.165, 1.54) is 19.3 Å². The van der Waals surface area contributed by atoms with Gasteiger partial charge in [0, 0.05) is 10.6 Å². The summed E-state index contributed by atoms with van der Waals surface area (Å²) in [6.07, 6.45) is 5.77. The van der Waals surface area contributed by atoms with E-state index >= 15 is 0 Å². The minimum absolute atomic E-state index is 0.0211. The van der Waals surface area contributed by atoms with Crippen LogP contribution < -0.4 is 5.32 Å². The van der Waals surface area contributed by atoms with Gasteiger partial charge in [0.15, 0.2) is 0 Å². The van der Waals surface area contributed by atoms with Gasteiger partial charge >= 0.3 is 0 Å². The Morgan fingerprint density at radius 1 is 0.969 bits per heavy atom. The molecule has 4 rings (SSSR count). The summed E-state index contributed by atoms with van der Waals surface area (Å²) in [4.78, 5) is 13.4. The molecule has 3 aromatic rings. The summed E-state index contributed by atoms with van der Waals surface area (Å²) in [7, 11) is 0. The molecule has 3 heteroatoms. The number of rotatable bonds is 9. The number of halogens is 1. The molecule has 2 nitrogen and oxygen atoms in total. The van der Waals surface area contributed by atoms with E-state index in [9.17, 15) is 4.79 Å². The van der Waals surface area contributed by atoms with E-state index in [4.69, 9.17) is 11.6 Å². The maximum Gasteiger partial charge on any atom is 0.251 e. The molecular formula is C29H32ClNO. The molecule has 0 aromatic heterocycles. The first-order valence-corrected chi connectivity index (χ1v) is 12.2. The minimum atomic E-state index is -0.0287. The van der Waals surface area contributed by atoms with E-state index in [0.29, 0.717) is 16.5 Å². The molecule has 0 radical (unpaired) electrons. The van der Waals surface area contributed by atoms with Crippen LogP contribution >= 0.6 is 11.6 Å². The molecule has 0 spiro atoms. The fourth-order valence-electron chi connectivity index (χ4n) is 5.31. The number of carbonyl (C=O) groups is 1. The Hall–Kier alpha value is -2.58. The lowest BCUT2D eigenvalue weighted by molar-refractivity contribution is 0.0908. The maximum atomic E-state index is 13.4. The summed E-state index contributed by atoms with van der Waals surface area (Å²) in [5.41, 5.74) is 4.18. The van der Waals surface area contributed by atoms with Crippen LogP contribution in [0.4, 0.5) is 0 Å². The molecule has 3 aromatic carbocycles. The first-order chi connectivity index (χ1) is 15.6. The highest BCUT2D eigenvalue weighted by Crippen LogP contribution is 2.64. The predicted octanol–water partition coefficient (Wildman–Crippen LogP) is 8.08. The molecule has 1 fully saturated rings. The van der Waals surface area contributed by atoms with E-state index in [2.05, 4.69) is 37.4 Å². The third kappa shape index (κ3) is 4.76. The lowest BCUT2D eigenvalue weighted by Gasteiger charge is -2.30. The molecule has 1 amide bonds. The smallest absolute Gasteiger partial charge is 0.251 e. The van der Waals surface area contributed by atoms with Crippen molar-refractivity contribution in [2.75, 3.05) is 0 Å². The first-order valence-electron chi connectivity index (χ1n) is 11.8. The molecule has 1 aliphatic carbocycles. The van der Waals surface area contributed by atoms with Gasteiger partial charge in [-0.3, -0.25) is 4.79 Å². The zero-order valence-electron chi connectivity index (χ0n) is 19.0. The minimum Gasteiger partial charge on any atom is -0.345 e. The molecule has 0 bridgehead atoms. The van der Waals surface area contributed by atoms with E-state index in [1.54, 1.807) is 0 Å². The highest BCUT2D eigenvalue weighted by atomic mass is 35.5. The molecule has 1 saturated carbocycles. The van der Waals surface area contributed by atoms with Gasteiger partial charge in [0.25, 0.3) is 5.91 Å². The van der Waals surface area contributed by atoms with Crippen molar-refractivity contribution in [1.29, 1.82) is 0 Å². The van der Waals surface area contributed by atoms with Crippen molar-refractivity contribution in [3.8, 4) is 11.1 Å². The Morgan fingerprint density at radius 2 is 1.69 bits per heavy atom. The topological polar surface area (TPSA) is 29.1 Å². The molecule has 0 unspecified atom stereocenters. The van der Waals surface area contributed by atoms with Crippen molar-refractivity contribution >= 4 is 17.5 Å². The summed E-state index contributed by atoms with van der Waals surface area (Å²) < 4.78 is 0. The van der Waals surface area contributed by atoms with Crippen LogP contribution in [0.25, 0.3) is 11.1 Å². The normalized spacial score (nSPS) is 20.5. The Labute approximate surface area is 197 Å². The second-order valence-corrected chi connectivity index (χ2v) is 9.51. The molecule has 3 atom stereocenters. The second kappa shape index (κ2) is 9.92. The van der Waals surface area contributed by atoms with Crippen LogP contribution in [-0.4, -0.2) is 5.91 Å². The fraction of sp³-hybridized carbons (Fsp3) is 0.345. The maximum absolute atomic E-state index is 13.4. The average molecular weight is 446 g/mol. The lowest BCUT2D eigenvalue weighted by atomic mass is 9.83. The Morgan fingerprint density at radius 3 is 2.34 bits per heavy atom. The van der Waals surface area contributed by atoms with Crippen LogP contribution in [0.2, 0.25) is 5.02 Å². The van der Waals surface area contributed by atoms with Gasteiger partial charge in [-0.1, -0.05) is 99.3 Å². The van der Waals surface area contributed by atoms with Crippen LogP contribution in [0.15, 0.2) is 78.9 Å². The van der Waals surface area contributed by atoms with Crippen molar-refractivity contribution in [3.05, 3.63) is 95.0 Å². The average Bonchev–Trinajstić information content (AvgIpc) is 3.51. The van der Waals surface area contributed by atoms with Crippen LogP contribution in [0.1, 0.15) is 67.9 Å². The zero-order valence-corrected chi connectivity index (χ0v) is 19.7. The third-order valence-corrected chi connectivity index (χ3v) is 7.15. The van der Waals surface area contributed by atoms with Gasteiger partial charge in [-0.15, -0.1) is 0 Å². The first kappa shape index (κ1) is 22.6. The number of carbonyl (C=O) groups excluding carboxylic acids is 1. The van der Waals surface area contributed by atoms with Gasteiger partial charge in [-0.25, -0.2) is 0 Å². The lowest BCUT2D eigenvalue weighted by Crippen LogP contribution is -2.35. The Kier molecular flexibility index (Phi) is 7.01. The Balaban J connectivity index is 1.60. The highest BCUT2D eigenvalue weighted by Gasteiger charge is 2.58. The van der Waals surface area contributed by atoms with Gasteiger partial charge in [0.2, 0.25) is 0 Å². The van der Waals surface area contributed by atoms with E-state index in [1.807, 2.05) is 60.7 Å². The number of nitrogens with one attached hydrogen (secondary N) is 1. The molecule has 1 aliphatic rings. The molecule has 0 saturated heterocycles. The predicted molar refractivity (Wildman–Crippen MR) is 134 cm³/mol. The van der Waals surface area contributed by atoms with Gasteiger partial charge in [-0.2, -0.15) is 0 Å². The molecule has 0 heterocycles. The third-order valence-electron chi connectivity index (χ3n) is 6.92.